The van der Waals surface area contributed by atoms with Crippen molar-refractivity contribution in [2.45, 2.75) is 65.3 Å². The highest BCUT2D eigenvalue weighted by Crippen LogP contribution is 2.38. The predicted molar refractivity (Wildman–Crippen MR) is 148 cm³/mol. The molecule has 0 aliphatic carbocycles. The lowest BCUT2D eigenvalue weighted by Gasteiger charge is -2.28. The van der Waals surface area contributed by atoms with E-state index in [1.54, 1.807) is 0 Å². The van der Waals surface area contributed by atoms with Gasteiger partial charge < -0.3 is 5.32 Å². The summed E-state index contributed by atoms with van der Waals surface area (Å²) in [4.78, 5) is 9.68. The molecule has 3 heteroatoms. The Hall–Kier alpha value is -3.46. The number of benzene rings is 2. The maximum atomic E-state index is 5.14. The van der Waals surface area contributed by atoms with Gasteiger partial charge >= 0.3 is 0 Å². The van der Waals surface area contributed by atoms with Gasteiger partial charge in [0.2, 0.25) is 0 Å². The molecule has 180 valence electrons. The van der Waals surface area contributed by atoms with Crippen molar-refractivity contribution in [3.05, 3.63) is 113 Å². The lowest BCUT2D eigenvalue weighted by atomic mass is 9.88. The van der Waals surface area contributed by atoms with Gasteiger partial charge in [-0.3, -0.25) is 4.98 Å². The standard InChI is InChI=1S/C32H37N3/c1-21(2)24-13-7-8-14-27(24)32(30-19-12-18-29(34-30)28-17-9-10-20-33-28)35-31-25(22(3)4)15-11-16-26(31)23(5)6/h7-23,32,35H,1-6H3/t32-/m1/s1. The van der Waals surface area contributed by atoms with Crippen molar-refractivity contribution in [2.75, 3.05) is 5.32 Å². The molecule has 2 aromatic carbocycles. The van der Waals surface area contributed by atoms with Crippen molar-refractivity contribution in [3.63, 3.8) is 0 Å². The molecule has 0 spiro atoms. The van der Waals surface area contributed by atoms with E-state index < -0.39 is 0 Å². The molecule has 1 atom stereocenters. The van der Waals surface area contributed by atoms with E-state index >= 15 is 0 Å². The molecule has 2 heterocycles. The Morgan fingerprint density at radius 1 is 0.543 bits per heavy atom. The van der Waals surface area contributed by atoms with Crippen LogP contribution in [-0.4, -0.2) is 9.97 Å². The molecule has 0 saturated carbocycles. The third-order valence-corrected chi connectivity index (χ3v) is 6.58. The lowest BCUT2D eigenvalue weighted by Crippen LogP contribution is -2.19. The second-order valence-electron chi connectivity index (χ2n) is 10.1. The average molecular weight is 464 g/mol. The number of rotatable bonds is 8. The first kappa shape index (κ1) is 24.7. The number of hydrogen-bond acceptors (Lipinski definition) is 3. The van der Waals surface area contributed by atoms with Crippen LogP contribution in [0.3, 0.4) is 0 Å². The van der Waals surface area contributed by atoms with Crippen LogP contribution >= 0.6 is 0 Å². The molecule has 0 saturated heterocycles. The van der Waals surface area contributed by atoms with Crippen LogP contribution in [0.1, 0.15) is 93.3 Å². The summed E-state index contributed by atoms with van der Waals surface area (Å²) in [5.41, 5.74) is 9.27. The van der Waals surface area contributed by atoms with Gasteiger partial charge in [0, 0.05) is 11.9 Å². The highest BCUT2D eigenvalue weighted by molar-refractivity contribution is 5.63. The number of hydrogen-bond donors (Lipinski definition) is 1. The molecular formula is C32H37N3. The van der Waals surface area contributed by atoms with Crippen molar-refractivity contribution < 1.29 is 0 Å². The first-order valence-electron chi connectivity index (χ1n) is 12.7. The zero-order valence-corrected chi connectivity index (χ0v) is 21.8. The van der Waals surface area contributed by atoms with E-state index in [1.165, 1.54) is 27.9 Å². The van der Waals surface area contributed by atoms with Crippen LogP contribution < -0.4 is 5.32 Å². The molecule has 3 nitrogen and oxygen atoms in total. The van der Waals surface area contributed by atoms with E-state index in [9.17, 15) is 0 Å². The molecule has 0 aliphatic heterocycles. The van der Waals surface area contributed by atoms with Crippen LogP contribution in [0.15, 0.2) is 85.1 Å². The van der Waals surface area contributed by atoms with Gasteiger partial charge in [0.15, 0.2) is 0 Å². The molecule has 0 bridgehead atoms. The monoisotopic (exact) mass is 463 g/mol. The molecule has 4 rings (SSSR count). The summed E-state index contributed by atoms with van der Waals surface area (Å²) in [5, 5.41) is 4.00. The van der Waals surface area contributed by atoms with Crippen LogP contribution in [-0.2, 0) is 0 Å². The first-order chi connectivity index (χ1) is 16.9. The normalized spacial score (nSPS) is 12.4. The summed E-state index contributed by atoms with van der Waals surface area (Å²) in [7, 11) is 0. The van der Waals surface area contributed by atoms with Gasteiger partial charge in [-0.25, -0.2) is 4.98 Å². The summed E-state index contributed by atoms with van der Waals surface area (Å²) in [6, 6.07) is 27.6. The third-order valence-electron chi connectivity index (χ3n) is 6.58. The molecule has 0 radical (unpaired) electrons. The minimum Gasteiger partial charge on any atom is -0.372 e. The Kier molecular flexibility index (Phi) is 7.65. The van der Waals surface area contributed by atoms with Gasteiger partial charge in [0.1, 0.15) is 0 Å². The molecule has 0 fully saturated rings. The number of pyridine rings is 2. The summed E-state index contributed by atoms with van der Waals surface area (Å²) < 4.78 is 0. The minimum absolute atomic E-state index is 0.0883. The number of anilines is 1. The topological polar surface area (TPSA) is 37.8 Å². The van der Waals surface area contributed by atoms with Crippen LogP contribution in [0.25, 0.3) is 11.4 Å². The van der Waals surface area contributed by atoms with E-state index in [2.05, 4.69) is 106 Å². The smallest absolute Gasteiger partial charge is 0.0943 e. The molecule has 1 N–H and O–H groups in total. The fourth-order valence-electron chi connectivity index (χ4n) is 4.74. The SMILES string of the molecule is CC(C)c1ccccc1[C@@H](Nc1c(C(C)C)cccc1C(C)C)c1cccc(-c2ccccn2)n1. The second kappa shape index (κ2) is 10.9. The van der Waals surface area contributed by atoms with Crippen molar-refractivity contribution in [2.24, 2.45) is 0 Å². The number of para-hydroxylation sites is 1. The van der Waals surface area contributed by atoms with Crippen LogP contribution in [0.4, 0.5) is 5.69 Å². The molecule has 0 unspecified atom stereocenters. The summed E-state index contributed by atoms with van der Waals surface area (Å²) in [6.45, 7) is 13.6. The number of nitrogens with zero attached hydrogens (tertiary/aromatic N) is 2. The lowest BCUT2D eigenvalue weighted by molar-refractivity contribution is 0.788. The largest absolute Gasteiger partial charge is 0.372 e. The van der Waals surface area contributed by atoms with Gasteiger partial charge in [0.25, 0.3) is 0 Å². The van der Waals surface area contributed by atoms with Gasteiger partial charge in [-0.1, -0.05) is 96.1 Å². The first-order valence-corrected chi connectivity index (χ1v) is 12.7. The van der Waals surface area contributed by atoms with Crippen LogP contribution in [0, 0.1) is 0 Å². The van der Waals surface area contributed by atoms with Crippen molar-refractivity contribution in [1.82, 2.24) is 9.97 Å². The van der Waals surface area contributed by atoms with Crippen molar-refractivity contribution in [1.29, 1.82) is 0 Å². The third kappa shape index (κ3) is 5.45. The molecule has 4 aromatic rings. The van der Waals surface area contributed by atoms with Crippen molar-refractivity contribution in [3.8, 4) is 11.4 Å². The van der Waals surface area contributed by atoms with E-state index in [-0.39, 0.29) is 6.04 Å². The zero-order valence-electron chi connectivity index (χ0n) is 21.8. The quantitative estimate of drug-likeness (QED) is 0.284. The summed E-state index contributed by atoms with van der Waals surface area (Å²) in [5.74, 6) is 1.22. The Labute approximate surface area is 210 Å². The Morgan fingerprint density at radius 2 is 1.09 bits per heavy atom. The van der Waals surface area contributed by atoms with Crippen LogP contribution in [0.5, 0.6) is 0 Å². The highest BCUT2D eigenvalue weighted by Gasteiger charge is 2.24. The predicted octanol–water partition coefficient (Wildman–Crippen LogP) is 8.72. The van der Waals surface area contributed by atoms with E-state index in [4.69, 9.17) is 4.98 Å². The molecule has 2 aromatic heterocycles. The zero-order chi connectivity index (χ0) is 24.9. The molecule has 0 amide bonds. The minimum atomic E-state index is -0.0883. The van der Waals surface area contributed by atoms with Gasteiger partial charge in [-0.05, 0) is 64.3 Å². The second-order valence-corrected chi connectivity index (χ2v) is 10.1. The average Bonchev–Trinajstić information content (AvgIpc) is 2.87. The maximum Gasteiger partial charge on any atom is 0.0943 e. The Bertz CT molecular complexity index is 1230. The molecule has 35 heavy (non-hydrogen) atoms. The fraction of sp³-hybridized carbons (Fsp3) is 0.312. The summed E-state index contributed by atoms with van der Waals surface area (Å²) >= 11 is 0. The number of nitrogens with one attached hydrogen (secondary N) is 1. The van der Waals surface area contributed by atoms with E-state index in [0.29, 0.717) is 17.8 Å². The fourth-order valence-corrected chi connectivity index (χ4v) is 4.74. The molecule has 0 aliphatic rings. The van der Waals surface area contributed by atoms with E-state index in [0.717, 1.165) is 17.1 Å². The van der Waals surface area contributed by atoms with Crippen LogP contribution in [0.2, 0.25) is 0 Å². The Balaban J connectivity index is 1.91. The van der Waals surface area contributed by atoms with Gasteiger partial charge in [0.05, 0.1) is 23.1 Å². The van der Waals surface area contributed by atoms with Crippen molar-refractivity contribution >= 4 is 5.69 Å². The molecular weight excluding hydrogens is 426 g/mol. The number of aromatic nitrogens is 2. The van der Waals surface area contributed by atoms with Gasteiger partial charge in [-0.2, -0.15) is 0 Å². The Morgan fingerprint density at radius 3 is 1.69 bits per heavy atom. The van der Waals surface area contributed by atoms with Gasteiger partial charge in [-0.15, -0.1) is 0 Å². The maximum absolute atomic E-state index is 5.14. The highest BCUT2D eigenvalue weighted by atomic mass is 15.0. The summed E-state index contributed by atoms with van der Waals surface area (Å²) in [6.07, 6.45) is 1.82. The van der Waals surface area contributed by atoms with E-state index in [1.807, 2.05) is 30.5 Å².